The Kier molecular flexibility index (Phi) is 7.42. The highest BCUT2D eigenvalue weighted by Gasteiger charge is 2.54. The molecule has 3 fully saturated rings. The van der Waals surface area contributed by atoms with Crippen molar-refractivity contribution in [2.75, 3.05) is 31.7 Å². The number of benzene rings is 1. The lowest BCUT2D eigenvalue weighted by atomic mass is 9.52. The van der Waals surface area contributed by atoms with Gasteiger partial charge in [0, 0.05) is 49.6 Å². The molecule has 0 bridgehead atoms. The van der Waals surface area contributed by atoms with E-state index in [1.165, 1.54) is 0 Å². The minimum atomic E-state index is -0.0905. The predicted molar refractivity (Wildman–Crippen MR) is 143 cm³/mol. The van der Waals surface area contributed by atoms with Crippen LogP contribution in [-0.4, -0.2) is 53.8 Å². The Morgan fingerprint density at radius 2 is 1.84 bits per heavy atom. The minimum absolute atomic E-state index is 0.0905. The number of anilines is 1. The molecule has 0 radical (unpaired) electrons. The molecule has 0 atom stereocenters. The third-order valence-corrected chi connectivity index (χ3v) is 8.30. The number of hydrogen-bond acceptors (Lipinski definition) is 7. The molecule has 2 heterocycles. The third kappa shape index (κ3) is 5.53. The average molecular weight is 526 g/mol. The molecule has 0 unspecified atom stereocenters. The monoisotopic (exact) mass is 525 g/mol. The van der Waals surface area contributed by atoms with E-state index in [-0.39, 0.29) is 22.8 Å². The minimum Gasteiger partial charge on any atom is -0.497 e. The smallest absolute Gasteiger partial charge is 0.254 e. The Morgan fingerprint density at radius 1 is 1.22 bits per heavy atom. The highest BCUT2D eigenvalue weighted by molar-refractivity contribution is 6.31. The number of halogens is 1. The maximum atomic E-state index is 12.6. The van der Waals surface area contributed by atoms with Crippen molar-refractivity contribution in [1.82, 2.24) is 15.3 Å². The number of amides is 1. The summed E-state index contributed by atoms with van der Waals surface area (Å²) < 4.78 is 4.90. The van der Waals surface area contributed by atoms with Gasteiger partial charge in [-0.25, -0.2) is 9.97 Å². The van der Waals surface area contributed by atoms with Crippen LogP contribution in [0, 0.1) is 33.5 Å². The van der Waals surface area contributed by atoms with Gasteiger partial charge in [-0.05, 0) is 48.1 Å². The van der Waals surface area contributed by atoms with Crippen LogP contribution in [0.15, 0.2) is 30.6 Å². The predicted octanol–water partition coefficient (Wildman–Crippen LogP) is 4.46. The zero-order valence-electron chi connectivity index (χ0n) is 22.2. The van der Waals surface area contributed by atoms with E-state index in [1.807, 2.05) is 6.07 Å². The second-order valence-corrected chi connectivity index (χ2v) is 12.5. The van der Waals surface area contributed by atoms with Crippen molar-refractivity contribution in [3.63, 3.8) is 0 Å². The standard InChI is InChI=1S/C20H30N4O2.C8H6ClNO/c1-18(2)10-19(3,4)16(18)23-15(26)14-7-21-17(22-8-14)24-11-20(12-24)5-13(6-20)9-25;1-11-7-3-2-6(5-10)8(9)4-7/h7-8,13,16,25H,5-6,9-12H2,1-4H3,(H,23,26);2-4H,1H3. The van der Waals surface area contributed by atoms with Crippen LogP contribution in [0.3, 0.4) is 0 Å². The first-order valence-corrected chi connectivity index (χ1v) is 13.0. The van der Waals surface area contributed by atoms with Crippen LogP contribution in [0.1, 0.15) is 62.9 Å². The van der Waals surface area contributed by atoms with Gasteiger partial charge in [-0.15, -0.1) is 0 Å². The van der Waals surface area contributed by atoms with Crippen LogP contribution in [0.2, 0.25) is 5.02 Å². The maximum Gasteiger partial charge on any atom is 0.254 e. The molecule has 1 aromatic carbocycles. The topological polar surface area (TPSA) is 111 Å². The van der Waals surface area contributed by atoms with Gasteiger partial charge in [-0.2, -0.15) is 5.26 Å². The number of aliphatic hydroxyl groups excluding tert-OH is 1. The summed E-state index contributed by atoms with van der Waals surface area (Å²) in [5.74, 6) is 1.74. The lowest BCUT2D eigenvalue weighted by Gasteiger charge is -2.58. The SMILES string of the molecule is CC1(C)CC(C)(C)C1NC(=O)c1cnc(N2CC3(CC(CO)C3)C2)nc1.COc1ccc(C#N)c(Cl)c1. The number of aliphatic hydroxyl groups is 1. The first-order valence-electron chi connectivity index (χ1n) is 12.6. The summed E-state index contributed by atoms with van der Waals surface area (Å²) in [6.45, 7) is 11.0. The Hall–Kier alpha value is -2.89. The lowest BCUT2D eigenvalue weighted by Crippen LogP contribution is -2.63. The van der Waals surface area contributed by atoms with Crippen molar-refractivity contribution in [3.05, 3.63) is 46.7 Å². The summed E-state index contributed by atoms with van der Waals surface area (Å²) in [6, 6.07) is 7.06. The Bertz CT molecular complexity index is 1160. The van der Waals surface area contributed by atoms with Gasteiger partial charge in [0.2, 0.25) is 5.95 Å². The largest absolute Gasteiger partial charge is 0.497 e. The number of aromatic nitrogens is 2. The number of carbonyl (C=O) groups is 1. The molecule has 198 valence electrons. The Morgan fingerprint density at radius 3 is 2.32 bits per heavy atom. The first-order chi connectivity index (χ1) is 17.4. The Labute approximate surface area is 224 Å². The molecule has 1 aliphatic heterocycles. The van der Waals surface area contributed by atoms with E-state index in [9.17, 15) is 9.90 Å². The van der Waals surface area contributed by atoms with Crippen molar-refractivity contribution in [2.45, 2.75) is 53.0 Å². The van der Waals surface area contributed by atoms with Gasteiger partial charge < -0.3 is 20.1 Å². The van der Waals surface area contributed by atoms with Gasteiger partial charge in [0.25, 0.3) is 5.91 Å². The molecule has 1 amide bonds. The number of carbonyl (C=O) groups excluding carboxylic acids is 1. The van der Waals surface area contributed by atoms with Gasteiger partial charge in [-0.3, -0.25) is 4.79 Å². The van der Waals surface area contributed by atoms with E-state index in [0.717, 1.165) is 32.4 Å². The van der Waals surface area contributed by atoms with Crippen LogP contribution in [0.5, 0.6) is 5.75 Å². The van der Waals surface area contributed by atoms with Gasteiger partial charge in [0.05, 0.1) is 23.3 Å². The van der Waals surface area contributed by atoms with Crippen LogP contribution < -0.4 is 15.0 Å². The van der Waals surface area contributed by atoms with Crippen molar-refractivity contribution < 1.29 is 14.6 Å². The molecule has 1 saturated heterocycles. The fourth-order valence-electron chi connectivity index (χ4n) is 6.68. The van der Waals surface area contributed by atoms with Crippen molar-refractivity contribution >= 4 is 23.5 Å². The quantitative estimate of drug-likeness (QED) is 0.592. The van der Waals surface area contributed by atoms with Gasteiger partial charge in [0.15, 0.2) is 0 Å². The van der Waals surface area contributed by atoms with Crippen molar-refractivity contribution in [2.24, 2.45) is 22.2 Å². The summed E-state index contributed by atoms with van der Waals surface area (Å²) in [4.78, 5) is 23.6. The molecule has 2 aromatic rings. The fourth-order valence-corrected chi connectivity index (χ4v) is 6.90. The van der Waals surface area contributed by atoms with Crippen LogP contribution >= 0.6 is 11.6 Å². The number of methoxy groups -OCH3 is 1. The molecular formula is C28H36ClN5O3. The summed E-state index contributed by atoms with van der Waals surface area (Å²) in [6.07, 6.45) is 6.59. The Balaban J connectivity index is 0.000000245. The zero-order valence-corrected chi connectivity index (χ0v) is 23.0. The molecule has 8 nitrogen and oxygen atoms in total. The summed E-state index contributed by atoms with van der Waals surface area (Å²) >= 11 is 5.71. The van der Waals surface area contributed by atoms with Gasteiger partial charge in [0.1, 0.15) is 11.8 Å². The van der Waals surface area contributed by atoms with Crippen molar-refractivity contribution in [3.8, 4) is 11.8 Å². The average Bonchev–Trinajstić information content (AvgIpc) is 2.80. The highest BCUT2D eigenvalue weighted by Crippen LogP contribution is 2.54. The number of nitrogens with one attached hydrogen (secondary N) is 1. The lowest BCUT2D eigenvalue weighted by molar-refractivity contribution is -0.0366. The zero-order chi connectivity index (χ0) is 27.0. The van der Waals surface area contributed by atoms with E-state index < -0.39 is 0 Å². The van der Waals surface area contributed by atoms with E-state index in [0.29, 0.717) is 45.8 Å². The van der Waals surface area contributed by atoms with E-state index in [1.54, 1.807) is 37.7 Å². The molecule has 1 aromatic heterocycles. The highest BCUT2D eigenvalue weighted by atomic mass is 35.5. The molecule has 9 heteroatoms. The van der Waals surface area contributed by atoms with Gasteiger partial charge >= 0.3 is 0 Å². The maximum absolute atomic E-state index is 12.6. The molecule has 3 aliphatic rings. The molecule has 2 N–H and O–H groups in total. The van der Waals surface area contributed by atoms with Crippen LogP contribution in [0.25, 0.3) is 0 Å². The number of ether oxygens (including phenoxy) is 1. The van der Waals surface area contributed by atoms with Crippen molar-refractivity contribution in [1.29, 1.82) is 5.26 Å². The summed E-state index contributed by atoms with van der Waals surface area (Å²) in [5, 5.41) is 21.3. The molecule has 5 rings (SSSR count). The summed E-state index contributed by atoms with van der Waals surface area (Å²) in [7, 11) is 1.55. The molecule has 2 aliphatic carbocycles. The van der Waals surface area contributed by atoms with Crippen LogP contribution in [0.4, 0.5) is 5.95 Å². The fraction of sp³-hybridized carbons (Fsp3) is 0.571. The molecular weight excluding hydrogens is 490 g/mol. The van der Waals surface area contributed by atoms with E-state index in [4.69, 9.17) is 21.6 Å². The summed E-state index contributed by atoms with van der Waals surface area (Å²) in [5.41, 5.74) is 1.61. The number of nitrogens with zero attached hydrogens (tertiary/aromatic N) is 4. The number of nitriles is 1. The molecule has 37 heavy (non-hydrogen) atoms. The van der Waals surface area contributed by atoms with Gasteiger partial charge in [-0.1, -0.05) is 39.3 Å². The number of hydrogen-bond donors (Lipinski definition) is 2. The molecule has 2 saturated carbocycles. The second-order valence-electron chi connectivity index (χ2n) is 12.1. The van der Waals surface area contributed by atoms with E-state index in [2.05, 4.69) is 47.9 Å². The second kappa shape index (κ2) is 10.1. The number of rotatable bonds is 5. The first kappa shape index (κ1) is 27.2. The third-order valence-electron chi connectivity index (χ3n) is 7.98. The molecule has 1 spiro atoms. The normalized spacial score (nSPS) is 20.9. The van der Waals surface area contributed by atoms with E-state index >= 15 is 0 Å². The van der Waals surface area contributed by atoms with Crippen LogP contribution in [-0.2, 0) is 0 Å².